The van der Waals surface area contributed by atoms with Crippen molar-refractivity contribution >= 4 is 33.4 Å². The summed E-state index contributed by atoms with van der Waals surface area (Å²) in [5, 5.41) is 1.85. The summed E-state index contributed by atoms with van der Waals surface area (Å²) in [5.41, 5.74) is 8.13. The molecule has 1 aromatic heterocycles. The Kier molecular flexibility index (Phi) is 6.51. The molecule has 0 saturated carbocycles. The summed E-state index contributed by atoms with van der Waals surface area (Å²) in [5.74, 6) is -0.483. The van der Waals surface area contributed by atoms with E-state index >= 15 is 0 Å². The van der Waals surface area contributed by atoms with Gasteiger partial charge in [0, 0.05) is 39.7 Å². The SMILES string of the molecule is C=CC(=C)C(C(C=C)N=C(C)CC)C1N=C(C)c2c1cc(-c1ccccc1)c1c2oc2cc(F)ccc21. The van der Waals surface area contributed by atoms with Gasteiger partial charge in [-0.1, -0.05) is 62.6 Å². The van der Waals surface area contributed by atoms with Crippen molar-refractivity contribution in [3.8, 4) is 11.1 Å². The minimum Gasteiger partial charge on any atom is -0.455 e. The summed E-state index contributed by atoms with van der Waals surface area (Å²) in [6.45, 7) is 18.6. The number of hydrogen-bond donors (Lipinski definition) is 0. The zero-order valence-corrected chi connectivity index (χ0v) is 21.6. The third-order valence-electron chi connectivity index (χ3n) is 7.36. The lowest BCUT2D eigenvalue weighted by Gasteiger charge is -2.28. The molecule has 0 amide bonds. The van der Waals surface area contributed by atoms with Gasteiger partial charge in [-0.2, -0.15) is 0 Å². The van der Waals surface area contributed by atoms with Crippen LogP contribution >= 0.6 is 0 Å². The Balaban J connectivity index is 1.82. The maximum absolute atomic E-state index is 14.2. The van der Waals surface area contributed by atoms with Crippen LogP contribution in [0.25, 0.3) is 33.1 Å². The third kappa shape index (κ3) is 4.17. The van der Waals surface area contributed by atoms with Crippen molar-refractivity contribution in [3.63, 3.8) is 0 Å². The lowest BCUT2D eigenvalue weighted by atomic mass is 9.80. The smallest absolute Gasteiger partial charge is 0.145 e. The first-order chi connectivity index (χ1) is 17.9. The molecule has 4 aromatic rings. The molecule has 3 unspecified atom stereocenters. The van der Waals surface area contributed by atoms with Crippen molar-refractivity contribution in [2.45, 2.75) is 39.3 Å². The van der Waals surface area contributed by atoms with Gasteiger partial charge in [0.25, 0.3) is 0 Å². The van der Waals surface area contributed by atoms with E-state index in [9.17, 15) is 4.39 Å². The fourth-order valence-corrected chi connectivity index (χ4v) is 5.38. The van der Waals surface area contributed by atoms with Crippen LogP contribution in [0.4, 0.5) is 4.39 Å². The maximum Gasteiger partial charge on any atom is 0.145 e. The van der Waals surface area contributed by atoms with Gasteiger partial charge < -0.3 is 4.42 Å². The predicted octanol–water partition coefficient (Wildman–Crippen LogP) is 9.04. The lowest BCUT2D eigenvalue weighted by Crippen LogP contribution is -2.24. The summed E-state index contributed by atoms with van der Waals surface area (Å²) in [6.07, 6.45) is 4.53. The Morgan fingerprint density at radius 2 is 1.92 bits per heavy atom. The van der Waals surface area contributed by atoms with Gasteiger partial charge in [-0.15, -0.1) is 6.58 Å². The Bertz CT molecular complexity index is 1610. The van der Waals surface area contributed by atoms with Gasteiger partial charge in [0.2, 0.25) is 0 Å². The summed E-state index contributed by atoms with van der Waals surface area (Å²) in [4.78, 5) is 10.1. The average molecular weight is 491 g/mol. The van der Waals surface area contributed by atoms with Crippen molar-refractivity contribution < 1.29 is 8.81 Å². The van der Waals surface area contributed by atoms with E-state index in [1.165, 1.54) is 12.1 Å². The van der Waals surface area contributed by atoms with Gasteiger partial charge in [-0.3, -0.25) is 9.98 Å². The quantitative estimate of drug-likeness (QED) is 0.138. The minimum absolute atomic E-state index is 0.157. The molecule has 5 rings (SSSR count). The van der Waals surface area contributed by atoms with Gasteiger partial charge in [-0.25, -0.2) is 4.39 Å². The van der Waals surface area contributed by atoms with E-state index in [1.54, 1.807) is 12.1 Å². The molecule has 0 radical (unpaired) electrons. The second-order valence-electron chi connectivity index (χ2n) is 9.61. The first-order valence-corrected chi connectivity index (χ1v) is 12.6. The fourth-order valence-electron chi connectivity index (χ4n) is 5.38. The first kappa shape index (κ1) is 24.6. The van der Waals surface area contributed by atoms with E-state index in [4.69, 9.17) is 14.4 Å². The average Bonchev–Trinajstić information content (AvgIpc) is 3.44. The highest BCUT2D eigenvalue weighted by atomic mass is 19.1. The number of fused-ring (bicyclic) bond motifs is 5. The van der Waals surface area contributed by atoms with E-state index in [0.717, 1.165) is 62.0 Å². The number of aliphatic imine (C=N–C) groups is 2. The standard InChI is InChI=1S/C33H31FN2O/c1-7-19(4)29(27(9-3)35-20(5)8-2)32-26-18-25(22-13-11-10-12-14-22)31-24-16-15-23(34)17-28(24)37-33(31)30(26)21(6)36-32/h7,9-18,27,29,32H,1,3-4,8H2,2,5-6H3. The van der Waals surface area contributed by atoms with Crippen molar-refractivity contribution in [2.75, 3.05) is 0 Å². The highest BCUT2D eigenvalue weighted by molar-refractivity contribution is 6.21. The fraction of sp³-hybridized carbons (Fsp3) is 0.212. The number of hydrogen-bond acceptors (Lipinski definition) is 3. The molecule has 3 aromatic carbocycles. The molecule has 0 saturated heterocycles. The van der Waals surface area contributed by atoms with Gasteiger partial charge in [0.1, 0.15) is 17.0 Å². The van der Waals surface area contributed by atoms with Crippen LogP contribution in [0.5, 0.6) is 0 Å². The topological polar surface area (TPSA) is 37.9 Å². The summed E-state index contributed by atoms with van der Waals surface area (Å²) >= 11 is 0. The largest absolute Gasteiger partial charge is 0.455 e. The van der Waals surface area contributed by atoms with Gasteiger partial charge in [0.15, 0.2) is 0 Å². The van der Waals surface area contributed by atoms with Gasteiger partial charge in [0.05, 0.1) is 12.1 Å². The summed E-state index contributed by atoms with van der Waals surface area (Å²) < 4.78 is 20.6. The Morgan fingerprint density at radius 3 is 2.59 bits per heavy atom. The van der Waals surface area contributed by atoms with E-state index < -0.39 is 0 Å². The molecule has 0 bridgehead atoms. The monoisotopic (exact) mass is 490 g/mol. The molecule has 3 nitrogen and oxygen atoms in total. The number of benzene rings is 3. The summed E-state index contributed by atoms with van der Waals surface area (Å²) in [6, 6.07) is 16.7. The zero-order chi connectivity index (χ0) is 26.3. The molecular formula is C33H31FN2O. The van der Waals surface area contributed by atoms with E-state index in [2.05, 4.69) is 44.9 Å². The number of furan rings is 1. The van der Waals surface area contributed by atoms with Crippen LogP contribution in [0.15, 0.2) is 106 Å². The molecule has 0 spiro atoms. The molecule has 2 heterocycles. The molecule has 0 fully saturated rings. The molecule has 3 atom stereocenters. The molecule has 0 aliphatic carbocycles. The number of rotatable bonds is 8. The zero-order valence-electron chi connectivity index (χ0n) is 21.6. The number of allylic oxidation sites excluding steroid dienone is 1. The second kappa shape index (κ2) is 9.78. The molecule has 1 aliphatic heterocycles. The molecule has 37 heavy (non-hydrogen) atoms. The van der Waals surface area contributed by atoms with Crippen molar-refractivity contribution in [3.05, 3.63) is 109 Å². The van der Waals surface area contributed by atoms with Crippen LogP contribution in [0.3, 0.4) is 0 Å². The molecule has 0 N–H and O–H groups in total. The maximum atomic E-state index is 14.2. The predicted molar refractivity (Wildman–Crippen MR) is 154 cm³/mol. The molecule has 1 aliphatic rings. The Hall–Kier alpha value is -4.05. The molecule has 186 valence electrons. The normalized spacial score (nSPS) is 16.9. The van der Waals surface area contributed by atoms with Crippen LogP contribution in [0.1, 0.15) is 44.4 Å². The Morgan fingerprint density at radius 1 is 1.16 bits per heavy atom. The third-order valence-corrected chi connectivity index (χ3v) is 7.36. The number of halogens is 1. The van der Waals surface area contributed by atoms with Crippen LogP contribution in [-0.4, -0.2) is 17.5 Å². The number of nitrogens with zero attached hydrogens (tertiary/aromatic N) is 2. The Labute approximate surface area is 217 Å². The van der Waals surface area contributed by atoms with Crippen molar-refractivity contribution in [1.82, 2.24) is 0 Å². The van der Waals surface area contributed by atoms with E-state index in [0.29, 0.717) is 5.58 Å². The minimum atomic E-state index is -0.326. The summed E-state index contributed by atoms with van der Waals surface area (Å²) in [7, 11) is 0. The molecule has 4 heteroatoms. The lowest BCUT2D eigenvalue weighted by molar-refractivity contribution is 0.469. The van der Waals surface area contributed by atoms with Gasteiger partial charge in [-0.05, 0) is 60.7 Å². The van der Waals surface area contributed by atoms with E-state index in [1.807, 2.05) is 38.1 Å². The van der Waals surface area contributed by atoms with Crippen LogP contribution < -0.4 is 0 Å². The van der Waals surface area contributed by atoms with Crippen LogP contribution in [0, 0.1) is 11.7 Å². The van der Waals surface area contributed by atoms with Gasteiger partial charge >= 0.3 is 0 Å². The highest BCUT2D eigenvalue weighted by Gasteiger charge is 2.38. The van der Waals surface area contributed by atoms with Crippen molar-refractivity contribution in [2.24, 2.45) is 15.9 Å². The van der Waals surface area contributed by atoms with Crippen LogP contribution in [0.2, 0.25) is 0 Å². The molecular weight excluding hydrogens is 459 g/mol. The van der Waals surface area contributed by atoms with E-state index in [-0.39, 0.29) is 23.8 Å². The first-order valence-electron chi connectivity index (χ1n) is 12.6. The highest BCUT2D eigenvalue weighted by Crippen LogP contribution is 2.48. The van der Waals surface area contributed by atoms with Crippen LogP contribution in [-0.2, 0) is 0 Å². The van der Waals surface area contributed by atoms with Crippen molar-refractivity contribution in [1.29, 1.82) is 0 Å². The second-order valence-corrected chi connectivity index (χ2v) is 9.61.